The molecule has 0 saturated carbocycles. The number of carbonyl (C=O) groups is 2. The van der Waals surface area contributed by atoms with Crippen LogP contribution < -0.4 is 10.1 Å². The maximum Gasteiger partial charge on any atom is 0.416 e. The Kier molecular flexibility index (Phi) is 8.32. The van der Waals surface area contributed by atoms with Gasteiger partial charge >= 0.3 is 12.1 Å². The van der Waals surface area contributed by atoms with Crippen molar-refractivity contribution in [3.05, 3.63) is 65.9 Å². The molecule has 33 heavy (non-hydrogen) atoms. The number of amides is 1. The molecule has 2 rings (SSSR count). The Labute approximate surface area is 185 Å². The van der Waals surface area contributed by atoms with Gasteiger partial charge in [0.2, 0.25) is 5.88 Å². The van der Waals surface area contributed by atoms with Gasteiger partial charge in [-0.05, 0) is 30.5 Å². The van der Waals surface area contributed by atoms with E-state index < -0.39 is 53.1 Å². The van der Waals surface area contributed by atoms with Gasteiger partial charge in [-0.2, -0.15) is 18.3 Å². The molecule has 2 N–H and O–H groups in total. The Morgan fingerprint density at radius 1 is 1.33 bits per heavy atom. The highest BCUT2D eigenvalue weighted by Crippen LogP contribution is 2.35. The van der Waals surface area contributed by atoms with Crippen molar-refractivity contribution in [1.82, 2.24) is 15.1 Å². The normalized spacial score (nSPS) is 12.7. The van der Waals surface area contributed by atoms with E-state index in [1.54, 1.807) is 0 Å². The van der Waals surface area contributed by atoms with Crippen LogP contribution in [0.3, 0.4) is 0 Å². The van der Waals surface area contributed by atoms with Crippen LogP contribution in [0, 0.1) is 5.92 Å². The first kappa shape index (κ1) is 25.6. The van der Waals surface area contributed by atoms with Crippen LogP contribution in [0.15, 0.2) is 49.1 Å². The summed E-state index contributed by atoms with van der Waals surface area (Å²) in [6, 6.07) is 3.72. The van der Waals surface area contributed by atoms with Gasteiger partial charge in [0, 0.05) is 19.7 Å². The van der Waals surface area contributed by atoms with Gasteiger partial charge in [0.1, 0.15) is 17.0 Å². The minimum Gasteiger partial charge on any atom is -0.478 e. The van der Waals surface area contributed by atoms with Crippen LogP contribution in [0.2, 0.25) is 0 Å². The number of allylic oxidation sites excluding steroid dienone is 1. The molecule has 1 atom stereocenters. The molecule has 178 valence electrons. The van der Waals surface area contributed by atoms with Crippen molar-refractivity contribution in [2.24, 2.45) is 13.0 Å². The summed E-state index contributed by atoms with van der Waals surface area (Å²) in [7, 11) is 1.20. The Morgan fingerprint density at radius 2 is 2.03 bits per heavy atom. The Morgan fingerprint density at radius 3 is 2.61 bits per heavy atom. The van der Waals surface area contributed by atoms with Crippen molar-refractivity contribution in [2.45, 2.75) is 19.0 Å². The number of carboxylic acids is 1. The molecule has 1 heterocycles. The average molecular weight is 473 g/mol. The molecule has 2 aromatic rings. The Balaban J connectivity index is 2.30. The highest BCUT2D eigenvalue weighted by atomic mass is 19.4. The third-order valence-corrected chi connectivity index (χ3v) is 4.39. The van der Waals surface area contributed by atoms with E-state index in [4.69, 9.17) is 9.84 Å². The molecular formula is C21H20F5N3O4. The smallest absolute Gasteiger partial charge is 0.416 e. The van der Waals surface area contributed by atoms with Crippen molar-refractivity contribution in [1.29, 1.82) is 0 Å². The fourth-order valence-electron chi connectivity index (χ4n) is 2.78. The number of carbonyl (C=O) groups excluding carboxylic acids is 1. The minimum atomic E-state index is -4.66. The van der Waals surface area contributed by atoms with Crippen LogP contribution in [-0.4, -0.2) is 33.3 Å². The number of nitrogens with one attached hydrogen (secondary N) is 1. The molecule has 7 nitrogen and oxygen atoms in total. The lowest BCUT2D eigenvalue weighted by Gasteiger charge is -2.14. The molecule has 0 spiro atoms. The third kappa shape index (κ3) is 6.89. The molecule has 12 heteroatoms. The number of rotatable bonds is 10. The summed E-state index contributed by atoms with van der Waals surface area (Å²) in [4.78, 5) is 23.3. The zero-order valence-corrected chi connectivity index (χ0v) is 17.3. The largest absolute Gasteiger partial charge is 0.478 e. The SMILES string of the molecule is C=CC(C/C=C/C(=O)O)CNC(=O)c1c(C(F)F)nn(C)c1Oc1cccc(C(F)(F)F)c1. The lowest BCUT2D eigenvalue weighted by molar-refractivity contribution is -0.137. The molecule has 0 bridgehead atoms. The fourth-order valence-corrected chi connectivity index (χ4v) is 2.78. The molecule has 0 aliphatic rings. The Hall–Kier alpha value is -3.70. The molecule has 0 fully saturated rings. The standard InChI is InChI=1S/C21H20F5N3O4/c1-3-12(6-4-9-15(30)31)11-27-19(32)16-17(18(22)23)28-29(2)20(16)33-14-8-5-7-13(10-14)21(24,25)26/h3-5,7-10,12,18H,1,6,11H2,2H3,(H,27,32)(H,30,31)/b9-4+. The number of benzene rings is 1. The van der Waals surface area contributed by atoms with E-state index in [1.165, 1.54) is 25.3 Å². The zero-order chi connectivity index (χ0) is 24.8. The monoisotopic (exact) mass is 473 g/mol. The lowest BCUT2D eigenvalue weighted by atomic mass is 10.1. The summed E-state index contributed by atoms with van der Waals surface area (Å²) in [5.41, 5.74) is -2.56. The fraction of sp³-hybridized carbons (Fsp3) is 0.286. The summed E-state index contributed by atoms with van der Waals surface area (Å²) in [5.74, 6) is -3.36. The van der Waals surface area contributed by atoms with Gasteiger partial charge < -0.3 is 15.2 Å². The molecule has 1 amide bonds. The van der Waals surface area contributed by atoms with Gasteiger partial charge in [0.05, 0.1) is 5.56 Å². The molecule has 0 aliphatic carbocycles. The van der Waals surface area contributed by atoms with E-state index >= 15 is 0 Å². The van der Waals surface area contributed by atoms with Gasteiger partial charge in [-0.25, -0.2) is 18.3 Å². The number of hydrogen-bond acceptors (Lipinski definition) is 4. The Bertz CT molecular complexity index is 1050. The van der Waals surface area contributed by atoms with E-state index in [-0.39, 0.29) is 18.7 Å². The second-order valence-electron chi connectivity index (χ2n) is 6.80. The molecule has 0 saturated heterocycles. The van der Waals surface area contributed by atoms with Crippen molar-refractivity contribution < 1.29 is 41.4 Å². The number of ether oxygens (including phenoxy) is 1. The van der Waals surface area contributed by atoms with E-state index in [0.29, 0.717) is 6.07 Å². The highest BCUT2D eigenvalue weighted by molar-refractivity contribution is 5.98. The number of hydrogen-bond donors (Lipinski definition) is 2. The quantitative estimate of drug-likeness (QED) is 0.296. The summed E-state index contributed by atoms with van der Waals surface area (Å²) in [6.07, 6.45) is -3.91. The second-order valence-corrected chi connectivity index (χ2v) is 6.80. The van der Waals surface area contributed by atoms with Crippen LogP contribution in [0.25, 0.3) is 0 Å². The van der Waals surface area contributed by atoms with Gasteiger partial charge in [-0.1, -0.05) is 18.2 Å². The van der Waals surface area contributed by atoms with E-state index in [1.807, 2.05) is 0 Å². The summed E-state index contributed by atoms with van der Waals surface area (Å²) in [5, 5.41) is 14.6. The van der Waals surface area contributed by atoms with Crippen LogP contribution >= 0.6 is 0 Å². The first-order valence-electron chi connectivity index (χ1n) is 9.44. The van der Waals surface area contributed by atoms with Crippen LogP contribution in [-0.2, 0) is 18.0 Å². The number of aromatic nitrogens is 2. The second kappa shape index (κ2) is 10.7. The maximum absolute atomic E-state index is 13.5. The third-order valence-electron chi connectivity index (χ3n) is 4.39. The van der Waals surface area contributed by atoms with Crippen LogP contribution in [0.5, 0.6) is 11.6 Å². The molecular weight excluding hydrogens is 453 g/mol. The lowest BCUT2D eigenvalue weighted by Crippen LogP contribution is -2.29. The minimum absolute atomic E-state index is 0.0765. The predicted molar refractivity (Wildman–Crippen MR) is 107 cm³/mol. The van der Waals surface area contributed by atoms with Crippen molar-refractivity contribution in [3.63, 3.8) is 0 Å². The molecule has 1 aromatic heterocycles. The zero-order valence-electron chi connectivity index (χ0n) is 17.3. The first-order valence-corrected chi connectivity index (χ1v) is 9.44. The average Bonchev–Trinajstić information content (AvgIpc) is 3.06. The van der Waals surface area contributed by atoms with Gasteiger partial charge in [0.25, 0.3) is 12.3 Å². The van der Waals surface area contributed by atoms with Crippen LogP contribution in [0.1, 0.15) is 34.5 Å². The first-order chi connectivity index (χ1) is 15.4. The van der Waals surface area contributed by atoms with Crippen molar-refractivity contribution in [3.8, 4) is 11.6 Å². The molecule has 1 unspecified atom stereocenters. The van der Waals surface area contributed by atoms with E-state index in [0.717, 1.165) is 22.9 Å². The number of alkyl halides is 5. The summed E-state index contributed by atoms with van der Waals surface area (Å²) >= 11 is 0. The summed E-state index contributed by atoms with van der Waals surface area (Å²) in [6.45, 7) is 3.50. The molecule has 0 aliphatic heterocycles. The number of halogens is 5. The molecule has 1 aromatic carbocycles. The number of aryl methyl sites for hydroxylation is 1. The summed E-state index contributed by atoms with van der Waals surface area (Å²) < 4.78 is 72.1. The van der Waals surface area contributed by atoms with Crippen molar-refractivity contribution >= 4 is 11.9 Å². The van der Waals surface area contributed by atoms with Gasteiger partial charge in [0.15, 0.2) is 0 Å². The van der Waals surface area contributed by atoms with Gasteiger partial charge in [-0.15, -0.1) is 6.58 Å². The molecule has 0 radical (unpaired) electrons. The maximum atomic E-state index is 13.5. The number of aliphatic carboxylic acids is 1. The van der Waals surface area contributed by atoms with Gasteiger partial charge in [-0.3, -0.25) is 4.79 Å². The topological polar surface area (TPSA) is 93.5 Å². The van der Waals surface area contributed by atoms with E-state index in [9.17, 15) is 31.5 Å². The van der Waals surface area contributed by atoms with Crippen LogP contribution in [0.4, 0.5) is 22.0 Å². The van der Waals surface area contributed by atoms with Crippen molar-refractivity contribution in [2.75, 3.05) is 6.54 Å². The number of carboxylic acid groups (broad SMARTS) is 1. The highest BCUT2D eigenvalue weighted by Gasteiger charge is 2.32. The van der Waals surface area contributed by atoms with E-state index in [2.05, 4.69) is 17.0 Å². The predicted octanol–water partition coefficient (Wildman–Crippen LogP) is 4.73. The number of nitrogens with zero attached hydrogens (tertiary/aromatic N) is 2.